The Morgan fingerprint density at radius 2 is 2.24 bits per heavy atom. The highest BCUT2D eigenvalue weighted by atomic mass is 16.3. The SMILES string of the molecule is CC(C)(O)c1cn(CC(=O)N2CCCC(C(N)=O)C2)nn1. The van der Waals surface area contributed by atoms with Crippen LogP contribution in [0.3, 0.4) is 0 Å². The van der Waals surface area contributed by atoms with Crippen molar-refractivity contribution in [3.8, 4) is 0 Å². The van der Waals surface area contributed by atoms with E-state index in [-0.39, 0.29) is 24.3 Å². The lowest BCUT2D eigenvalue weighted by molar-refractivity contribution is -0.135. The number of aromatic nitrogens is 3. The van der Waals surface area contributed by atoms with E-state index in [2.05, 4.69) is 10.3 Å². The molecule has 0 aliphatic carbocycles. The maximum Gasteiger partial charge on any atom is 0.244 e. The molecule has 0 radical (unpaired) electrons. The molecule has 1 aromatic heterocycles. The quantitative estimate of drug-likeness (QED) is 0.757. The second kappa shape index (κ2) is 5.80. The molecule has 8 nitrogen and oxygen atoms in total. The first-order valence-corrected chi connectivity index (χ1v) is 6.97. The summed E-state index contributed by atoms with van der Waals surface area (Å²) in [5.74, 6) is -0.767. The highest BCUT2D eigenvalue weighted by Gasteiger charge is 2.27. The van der Waals surface area contributed by atoms with E-state index in [1.807, 2.05) is 0 Å². The second-order valence-corrected chi connectivity index (χ2v) is 5.94. The Hall–Kier alpha value is -1.96. The minimum atomic E-state index is -1.09. The predicted molar refractivity (Wildman–Crippen MR) is 73.8 cm³/mol. The molecule has 0 spiro atoms. The van der Waals surface area contributed by atoms with Gasteiger partial charge in [0.1, 0.15) is 17.8 Å². The zero-order chi connectivity index (χ0) is 15.6. The molecule has 0 bridgehead atoms. The summed E-state index contributed by atoms with van der Waals surface area (Å²) < 4.78 is 1.39. The zero-order valence-corrected chi connectivity index (χ0v) is 12.3. The van der Waals surface area contributed by atoms with Crippen LogP contribution in [0.25, 0.3) is 0 Å². The van der Waals surface area contributed by atoms with Gasteiger partial charge in [-0.05, 0) is 26.7 Å². The summed E-state index contributed by atoms with van der Waals surface area (Å²) in [5, 5.41) is 17.5. The van der Waals surface area contributed by atoms with E-state index in [4.69, 9.17) is 5.73 Å². The molecule has 1 aliphatic heterocycles. The molecule has 2 amide bonds. The molecule has 1 unspecified atom stereocenters. The van der Waals surface area contributed by atoms with E-state index in [1.165, 1.54) is 4.68 Å². The second-order valence-electron chi connectivity index (χ2n) is 5.94. The van der Waals surface area contributed by atoms with E-state index in [1.54, 1.807) is 24.9 Å². The number of aliphatic hydroxyl groups is 1. The van der Waals surface area contributed by atoms with Crippen molar-refractivity contribution in [2.75, 3.05) is 13.1 Å². The van der Waals surface area contributed by atoms with E-state index in [0.717, 1.165) is 12.8 Å². The van der Waals surface area contributed by atoms with Crippen molar-refractivity contribution in [1.29, 1.82) is 0 Å². The Morgan fingerprint density at radius 1 is 1.52 bits per heavy atom. The van der Waals surface area contributed by atoms with Crippen molar-refractivity contribution in [1.82, 2.24) is 19.9 Å². The maximum absolute atomic E-state index is 12.2. The average Bonchev–Trinajstić information content (AvgIpc) is 2.87. The van der Waals surface area contributed by atoms with Crippen LogP contribution in [-0.4, -0.2) is 49.9 Å². The lowest BCUT2D eigenvalue weighted by Gasteiger charge is -2.31. The number of rotatable bonds is 4. The number of piperidine rings is 1. The van der Waals surface area contributed by atoms with Crippen LogP contribution in [0.2, 0.25) is 0 Å². The fourth-order valence-electron chi connectivity index (χ4n) is 2.33. The summed E-state index contributed by atoms with van der Waals surface area (Å²) in [4.78, 5) is 25.1. The van der Waals surface area contributed by atoms with Gasteiger partial charge in [0.05, 0.1) is 12.1 Å². The smallest absolute Gasteiger partial charge is 0.244 e. The minimum Gasteiger partial charge on any atom is -0.384 e. The summed E-state index contributed by atoms with van der Waals surface area (Å²) >= 11 is 0. The average molecular weight is 295 g/mol. The lowest BCUT2D eigenvalue weighted by Crippen LogP contribution is -2.45. The molecule has 116 valence electrons. The number of carbonyl (C=O) groups is 2. The van der Waals surface area contributed by atoms with Crippen LogP contribution in [0.1, 0.15) is 32.4 Å². The van der Waals surface area contributed by atoms with Crippen LogP contribution < -0.4 is 5.73 Å². The summed E-state index contributed by atoms with van der Waals surface area (Å²) in [6.07, 6.45) is 3.05. The number of hydrogen-bond donors (Lipinski definition) is 2. The lowest BCUT2D eigenvalue weighted by atomic mass is 9.97. The Labute approximate surface area is 122 Å². The Bertz CT molecular complexity index is 534. The van der Waals surface area contributed by atoms with Gasteiger partial charge in [-0.15, -0.1) is 5.10 Å². The van der Waals surface area contributed by atoms with Gasteiger partial charge in [0.25, 0.3) is 0 Å². The first-order valence-electron chi connectivity index (χ1n) is 6.97. The third kappa shape index (κ3) is 3.78. The summed E-state index contributed by atoms with van der Waals surface area (Å²) in [5.41, 5.74) is 4.61. The predicted octanol–water partition coefficient (Wildman–Crippen LogP) is -0.771. The molecule has 2 rings (SSSR count). The van der Waals surface area contributed by atoms with Gasteiger partial charge < -0.3 is 15.7 Å². The zero-order valence-electron chi connectivity index (χ0n) is 12.3. The Morgan fingerprint density at radius 3 is 2.81 bits per heavy atom. The minimum absolute atomic E-state index is 0.0363. The van der Waals surface area contributed by atoms with Crippen molar-refractivity contribution in [2.24, 2.45) is 11.7 Å². The van der Waals surface area contributed by atoms with Crippen molar-refractivity contribution >= 4 is 11.8 Å². The molecule has 1 saturated heterocycles. The summed E-state index contributed by atoms with van der Waals surface area (Å²) in [6, 6.07) is 0. The number of hydrogen-bond acceptors (Lipinski definition) is 5. The molecule has 0 aromatic carbocycles. The van der Waals surface area contributed by atoms with Gasteiger partial charge in [-0.25, -0.2) is 4.68 Å². The van der Waals surface area contributed by atoms with Gasteiger partial charge in [0.15, 0.2) is 0 Å². The van der Waals surface area contributed by atoms with E-state index in [9.17, 15) is 14.7 Å². The number of nitrogens with two attached hydrogens (primary N) is 1. The van der Waals surface area contributed by atoms with Crippen LogP contribution >= 0.6 is 0 Å². The number of carbonyl (C=O) groups excluding carboxylic acids is 2. The molecule has 1 fully saturated rings. The molecule has 1 aliphatic rings. The molecular weight excluding hydrogens is 274 g/mol. The molecule has 1 aromatic rings. The van der Waals surface area contributed by atoms with Gasteiger partial charge in [-0.2, -0.15) is 0 Å². The largest absolute Gasteiger partial charge is 0.384 e. The molecule has 21 heavy (non-hydrogen) atoms. The van der Waals surface area contributed by atoms with Gasteiger partial charge in [-0.1, -0.05) is 5.21 Å². The molecule has 1 atom stereocenters. The van der Waals surface area contributed by atoms with Gasteiger partial charge in [0.2, 0.25) is 11.8 Å². The number of nitrogens with zero attached hydrogens (tertiary/aromatic N) is 4. The van der Waals surface area contributed by atoms with Crippen molar-refractivity contribution in [3.05, 3.63) is 11.9 Å². The van der Waals surface area contributed by atoms with Crippen LogP contribution in [0.5, 0.6) is 0 Å². The normalized spacial score (nSPS) is 19.6. The third-order valence-electron chi connectivity index (χ3n) is 3.64. The fourth-order valence-corrected chi connectivity index (χ4v) is 2.33. The standard InChI is InChI=1S/C13H21N5O3/c1-13(2,21)10-7-18(16-15-10)8-11(19)17-5-3-4-9(6-17)12(14)20/h7,9,21H,3-6,8H2,1-2H3,(H2,14,20). The maximum atomic E-state index is 12.2. The first kappa shape index (κ1) is 15.4. The molecule has 2 heterocycles. The summed E-state index contributed by atoms with van der Waals surface area (Å²) in [7, 11) is 0. The molecule has 3 N–H and O–H groups in total. The Kier molecular flexibility index (Phi) is 4.26. The number of primary amides is 1. The van der Waals surface area contributed by atoms with E-state index >= 15 is 0 Å². The van der Waals surface area contributed by atoms with Gasteiger partial charge in [0, 0.05) is 13.1 Å². The van der Waals surface area contributed by atoms with E-state index < -0.39 is 5.60 Å². The third-order valence-corrected chi connectivity index (χ3v) is 3.64. The highest BCUT2D eigenvalue weighted by molar-refractivity contribution is 5.80. The van der Waals surface area contributed by atoms with Gasteiger partial charge >= 0.3 is 0 Å². The fraction of sp³-hybridized carbons (Fsp3) is 0.692. The summed E-state index contributed by atoms with van der Waals surface area (Å²) in [6.45, 7) is 4.22. The van der Waals surface area contributed by atoms with Crippen LogP contribution in [0, 0.1) is 5.92 Å². The number of amides is 2. The van der Waals surface area contributed by atoms with Crippen LogP contribution in [0.15, 0.2) is 6.20 Å². The molecular formula is C13H21N5O3. The van der Waals surface area contributed by atoms with E-state index in [0.29, 0.717) is 18.8 Å². The van der Waals surface area contributed by atoms with Crippen molar-refractivity contribution < 1.29 is 14.7 Å². The van der Waals surface area contributed by atoms with Crippen LogP contribution in [0.4, 0.5) is 0 Å². The number of likely N-dealkylation sites (tertiary alicyclic amines) is 1. The van der Waals surface area contributed by atoms with Crippen molar-refractivity contribution in [3.63, 3.8) is 0 Å². The molecule has 8 heteroatoms. The van der Waals surface area contributed by atoms with Gasteiger partial charge in [-0.3, -0.25) is 9.59 Å². The monoisotopic (exact) mass is 295 g/mol. The topological polar surface area (TPSA) is 114 Å². The van der Waals surface area contributed by atoms with Crippen molar-refractivity contribution in [2.45, 2.75) is 38.8 Å². The molecule has 0 saturated carbocycles. The van der Waals surface area contributed by atoms with Crippen LogP contribution in [-0.2, 0) is 21.7 Å². The highest BCUT2D eigenvalue weighted by Crippen LogP contribution is 2.17. The Balaban J connectivity index is 1.98. The first-order chi connectivity index (χ1) is 9.77.